The molecule has 4 rings (SSSR count). The first-order valence-corrected chi connectivity index (χ1v) is 9.12. The predicted molar refractivity (Wildman–Crippen MR) is 97.5 cm³/mol. The molecule has 132 valence electrons. The molecule has 1 aromatic heterocycles. The van der Waals surface area contributed by atoms with E-state index in [0.29, 0.717) is 23.4 Å². The minimum atomic E-state index is -0.00630. The van der Waals surface area contributed by atoms with Gasteiger partial charge in [0.15, 0.2) is 0 Å². The summed E-state index contributed by atoms with van der Waals surface area (Å²) in [6.45, 7) is 1.71. The summed E-state index contributed by atoms with van der Waals surface area (Å²) in [4.78, 5) is 30.1. The average Bonchev–Trinajstić information content (AvgIpc) is 2.99. The quantitative estimate of drug-likeness (QED) is 0.904. The Labute approximate surface area is 147 Å². The van der Waals surface area contributed by atoms with Gasteiger partial charge in [0.2, 0.25) is 0 Å². The number of nitrogens with one attached hydrogen (secondary N) is 2. The van der Waals surface area contributed by atoms with Crippen LogP contribution >= 0.6 is 0 Å². The molecule has 0 radical (unpaired) electrons. The Morgan fingerprint density at radius 1 is 1.12 bits per heavy atom. The second-order valence-electron chi connectivity index (χ2n) is 7.64. The monoisotopic (exact) mass is 339 g/mol. The number of nitrogens with zero attached hydrogens (tertiary/aromatic N) is 1. The Hall–Kier alpha value is -2.14. The van der Waals surface area contributed by atoms with Gasteiger partial charge in [-0.3, -0.25) is 9.59 Å². The first-order chi connectivity index (χ1) is 12.0. The van der Waals surface area contributed by atoms with Gasteiger partial charge in [0.05, 0.1) is 5.56 Å². The van der Waals surface area contributed by atoms with Gasteiger partial charge in [-0.15, -0.1) is 0 Å². The van der Waals surface area contributed by atoms with E-state index in [4.69, 9.17) is 0 Å². The summed E-state index contributed by atoms with van der Waals surface area (Å²) in [6.07, 6.45) is 5.47. The number of hydrogen-bond acceptors (Lipinski definition) is 3. The van der Waals surface area contributed by atoms with Crippen molar-refractivity contribution >= 4 is 22.6 Å². The summed E-state index contributed by atoms with van der Waals surface area (Å²) in [5.41, 5.74) is 1.69. The van der Waals surface area contributed by atoms with Crippen molar-refractivity contribution in [3.8, 4) is 0 Å². The van der Waals surface area contributed by atoms with Crippen LogP contribution in [0.25, 0.3) is 10.9 Å². The van der Waals surface area contributed by atoms with Gasteiger partial charge >= 0.3 is 0 Å². The largest absolute Gasteiger partial charge is 0.360 e. The molecule has 2 aliphatic heterocycles. The molecule has 5 heteroatoms. The van der Waals surface area contributed by atoms with E-state index in [1.165, 1.54) is 0 Å². The lowest BCUT2D eigenvalue weighted by molar-refractivity contribution is -0.124. The molecule has 5 nitrogen and oxygen atoms in total. The maximum absolute atomic E-state index is 12.8. The van der Waals surface area contributed by atoms with Crippen LogP contribution in [-0.2, 0) is 4.79 Å². The summed E-state index contributed by atoms with van der Waals surface area (Å²) < 4.78 is 0. The molecular weight excluding hydrogens is 314 g/mol. The zero-order valence-corrected chi connectivity index (χ0v) is 14.8. The van der Waals surface area contributed by atoms with Crippen LogP contribution in [-0.4, -0.2) is 46.7 Å². The third kappa shape index (κ3) is 2.97. The molecule has 2 N–H and O–H groups in total. The standard InChI is InChI=1S/C20H25N3O2/c1-12(24)13-7-15-9-14(10-16(8-13)23(15)2)22-20(25)18-11-21-19-6-4-3-5-17(18)19/h3-6,11,13-16,21H,7-10H2,1-2H3,(H,22,25). The number of amides is 1. The normalized spacial score (nSPS) is 29.5. The number of piperidine rings is 2. The van der Waals surface area contributed by atoms with Gasteiger partial charge in [-0.1, -0.05) is 18.2 Å². The van der Waals surface area contributed by atoms with Crippen molar-refractivity contribution in [3.63, 3.8) is 0 Å². The molecule has 0 spiro atoms. The van der Waals surface area contributed by atoms with Gasteiger partial charge in [-0.2, -0.15) is 0 Å². The Morgan fingerprint density at radius 2 is 1.80 bits per heavy atom. The van der Waals surface area contributed by atoms with Crippen LogP contribution in [0.5, 0.6) is 0 Å². The molecule has 25 heavy (non-hydrogen) atoms. The summed E-state index contributed by atoms with van der Waals surface area (Å²) in [6, 6.07) is 8.82. The summed E-state index contributed by atoms with van der Waals surface area (Å²) in [5, 5.41) is 4.20. The molecule has 2 unspecified atom stereocenters. The van der Waals surface area contributed by atoms with E-state index in [0.717, 1.165) is 36.6 Å². The average molecular weight is 339 g/mol. The molecule has 2 atom stereocenters. The fourth-order valence-electron chi connectivity index (χ4n) is 4.63. The number of H-pyrrole nitrogens is 1. The number of Topliss-reactive ketones (excluding diaryl/α,β-unsaturated/α-hetero) is 1. The fraction of sp³-hybridized carbons (Fsp3) is 0.500. The van der Waals surface area contributed by atoms with Crippen LogP contribution < -0.4 is 5.32 Å². The van der Waals surface area contributed by atoms with Crippen molar-refractivity contribution in [1.82, 2.24) is 15.2 Å². The fourth-order valence-corrected chi connectivity index (χ4v) is 4.63. The lowest BCUT2D eigenvalue weighted by Gasteiger charge is -2.49. The second-order valence-corrected chi connectivity index (χ2v) is 7.64. The third-order valence-electron chi connectivity index (χ3n) is 6.12. The highest BCUT2D eigenvalue weighted by Gasteiger charge is 2.41. The SMILES string of the molecule is CC(=O)C1CC2CC(NC(=O)c3c[nH]c4ccccc34)CC(C1)N2C. The highest BCUT2D eigenvalue weighted by atomic mass is 16.1. The van der Waals surface area contributed by atoms with Gasteiger partial charge in [0, 0.05) is 41.1 Å². The minimum absolute atomic E-state index is 0.00630. The van der Waals surface area contributed by atoms with Crippen molar-refractivity contribution < 1.29 is 9.59 Å². The molecule has 3 heterocycles. The van der Waals surface area contributed by atoms with E-state index in [2.05, 4.69) is 22.2 Å². The summed E-state index contributed by atoms with van der Waals surface area (Å²) >= 11 is 0. The van der Waals surface area contributed by atoms with Gasteiger partial charge < -0.3 is 15.2 Å². The van der Waals surface area contributed by atoms with Crippen molar-refractivity contribution in [2.24, 2.45) is 5.92 Å². The smallest absolute Gasteiger partial charge is 0.253 e. The number of aromatic nitrogens is 1. The van der Waals surface area contributed by atoms with E-state index in [1.54, 1.807) is 13.1 Å². The highest BCUT2D eigenvalue weighted by Crippen LogP contribution is 2.36. The molecule has 2 bridgehead atoms. The molecule has 0 saturated carbocycles. The number of para-hydroxylation sites is 1. The van der Waals surface area contributed by atoms with Crippen molar-refractivity contribution in [2.75, 3.05) is 7.05 Å². The second kappa shape index (κ2) is 6.30. The van der Waals surface area contributed by atoms with E-state index >= 15 is 0 Å². The Bertz CT molecular complexity index is 796. The molecule has 2 aromatic rings. The Balaban J connectivity index is 1.47. The van der Waals surface area contributed by atoms with Crippen LogP contribution in [0.1, 0.15) is 43.0 Å². The number of aromatic amines is 1. The molecule has 0 aliphatic carbocycles. The van der Waals surface area contributed by atoms with E-state index < -0.39 is 0 Å². The number of hydrogen-bond donors (Lipinski definition) is 2. The Kier molecular flexibility index (Phi) is 4.12. The number of benzene rings is 1. The number of carbonyl (C=O) groups is 2. The van der Waals surface area contributed by atoms with Crippen LogP contribution in [0.2, 0.25) is 0 Å². The third-order valence-corrected chi connectivity index (χ3v) is 6.12. The van der Waals surface area contributed by atoms with Crippen LogP contribution in [0.15, 0.2) is 30.5 Å². The van der Waals surface area contributed by atoms with Crippen molar-refractivity contribution in [2.45, 2.75) is 50.7 Å². The first kappa shape index (κ1) is 16.3. The number of carbonyl (C=O) groups excluding carboxylic acids is 2. The minimum Gasteiger partial charge on any atom is -0.360 e. The number of fused-ring (bicyclic) bond motifs is 3. The van der Waals surface area contributed by atoms with Crippen molar-refractivity contribution in [1.29, 1.82) is 0 Å². The van der Waals surface area contributed by atoms with Crippen LogP contribution in [0, 0.1) is 5.92 Å². The summed E-state index contributed by atoms with van der Waals surface area (Å²) in [7, 11) is 2.16. The maximum atomic E-state index is 12.8. The van der Waals surface area contributed by atoms with E-state index in [9.17, 15) is 9.59 Å². The number of ketones is 1. The molecule has 1 amide bonds. The lowest BCUT2D eigenvalue weighted by Crippen LogP contribution is -2.57. The molecular formula is C20H25N3O2. The first-order valence-electron chi connectivity index (χ1n) is 9.12. The van der Waals surface area contributed by atoms with Crippen molar-refractivity contribution in [3.05, 3.63) is 36.0 Å². The van der Waals surface area contributed by atoms with E-state index in [-0.39, 0.29) is 17.9 Å². The van der Waals surface area contributed by atoms with Gasteiger partial charge in [-0.05, 0) is 45.7 Å². The molecule has 2 saturated heterocycles. The van der Waals surface area contributed by atoms with Crippen LogP contribution in [0.3, 0.4) is 0 Å². The molecule has 2 fully saturated rings. The van der Waals surface area contributed by atoms with Crippen LogP contribution in [0.4, 0.5) is 0 Å². The summed E-state index contributed by atoms with van der Waals surface area (Å²) in [5.74, 6) is 0.494. The zero-order valence-electron chi connectivity index (χ0n) is 14.8. The highest BCUT2D eigenvalue weighted by molar-refractivity contribution is 6.06. The maximum Gasteiger partial charge on any atom is 0.253 e. The molecule has 2 aliphatic rings. The zero-order chi connectivity index (χ0) is 17.6. The van der Waals surface area contributed by atoms with Gasteiger partial charge in [-0.25, -0.2) is 0 Å². The van der Waals surface area contributed by atoms with Gasteiger partial charge in [0.1, 0.15) is 5.78 Å². The number of rotatable bonds is 3. The Morgan fingerprint density at radius 3 is 2.48 bits per heavy atom. The lowest BCUT2D eigenvalue weighted by atomic mass is 9.75. The van der Waals surface area contributed by atoms with E-state index in [1.807, 2.05) is 24.3 Å². The predicted octanol–water partition coefficient (Wildman–Crippen LogP) is 2.73. The van der Waals surface area contributed by atoms with Gasteiger partial charge in [0.25, 0.3) is 5.91 Å². The molecule has 1 aromatic carbocycles. The topological polar surface area (TPSA) is 65.2 Å².